The molecule has 3 fully saturated rings. The summed E-state index contributed by atoms with van der Waals surface area (Å²) in [5.41, 5.74) is 1.04. The fourth-order valence-electron chi connectivity index (χ4n) is 6.52. The maximum absolute atomic E-state index is 13.8. The molecule has 0 aliphatic carbocycles. The number of aliphatic imine (C=N–C) groups is 1. The number of hydrogen-bond acceptors (Lipinski definition) is 16. The van der Waals surface area contributed by atoms with E-state index < -0.39 is 115 Å². The first-order valence-corrected chi connectivity index (χ1v) is 19.1. The fraction of sp³-hybridized carbons (Fsp3) is 0.385. The molecule has 3 aliphatic rings. The third-order valence-electron chi connectivity index (χ3n) is 9.64. The standard InChI is InChI=1S/C39H39N7O16/c47-28(14-24(36(57)42-20-34(54)55)15-35(56)61-45-29(48)9-10-30(45)49)27-2-1-13-44(27)38(59)26(16-33(52)53)43-37(58)23-7-8-25(41-18-23)19-40-17-21-3-5-22(6-4-21)39(60)62-46-31(50)11-12-32(46)51/h3-8,17-18,24,26-27H,1-2,9-16,19-20H2,(H,42,57)(H,43,58)(H,52,53)(H,54,55). The minimum Gasteiger partial charge on any atom is -0.481 e. The number of likely N-dealkylation sites (tertiary alicyclic amines) is 1. The third kappa shape index (κ3) is 11.9. The van der Waals surface area contributed by atoms with Crippen LogP contribution in [0.3, 0.4) is 0 Å². The average Bonchev–Trinajstić information content (AvgIpc) is 3.95. The zero-order chi connectivity index (χ0) is 45.1. The number of amides is 7. The second-order valence-corrected chi connectivity index (χ2v) is 14.1. The van der Waals surface area contributed by atoms with Crippen molar-refractivity contribution in [3.8, 4) is 0 Å². The molecule has 0 radical (unpaired) electrons. The van der Waals surface area contributed by atoms with Gasteiger partial charge < -0.3 is 35.4 Å². The summed E-state index contributed by atoms with van der Waals surface area (Å²) in [7, 11) is 0. The Hall–Kier alpha value is -7.72. The second kappa shape index (κ2) is 20.5. The van der Waals surface area contributed by atoms with Crippen LogP contribution < -0.4 is 10.6 Å². The van der Waals surface area contributed by atoms with Gasteiger partial charge in [-0.05, 0) is 42.7 Å². The number of Topliss-reactive ketones (excluding diaryl/α,β-unsaturated/α-hetero) is 1. The van der Waals surface area contributed by atoms with Gasteiger partial charge in [0.2, 0.25) is 11.8 Å². The molecule has 23 heteroatoms. The van der Waals surface area contributed by atoms with Crippen molar-refractivity contribution in [1.82, 2.24) is 30.6 Å². The van der Waals surface area contributed by atoms with Gasteiger partial charge in [0.25, 0.3) is 29.5 Å². The van der Waals surface area contributed by atoms with E-state index in [-0.39, 0.29) is 67.8 Å². The highest BCUT2D eigenvalue weighted by Crippen LogP contribution is 2.25. The normalized spacial score (nSPS) is 17.2. The van der Waals surface area contributed by atoms with Crippen LogP contribution in [-0.4, -0.2) is 133 Å². The van der Waals surface area contributed by atoms with Crippen molar-refractivity contribution in [3.05, 3.63) is 65.0 Å². The summed E-state index contributed by atoms with van der Waals surface area (Å²) < 4.78 is 0. The monoisotopic (exact) mass is 861 g/mol. The Bertz CT molecular complexity index is 2180. The molecule has 2 aromatic rings. The number of imide groups is 2. The second-order valence-electron chi connectivity index (χ2n) is 14.1. The Morgan fingerprint density at radius 3 is 1.98 bits per heavy atom. The third-order valence-corrected chi connectivity index (χ3v) is 9.64. The summed E-state index contributed by atoms with van der Waals surface area (Å²) in [6.45, 7) is -0.848. The quantitative estimate of drug-likeness (QED) is 0.0998. The van der Waals surface area contributed by atoms with E-state index in [2.05, 4.69) is 20.6 Å². The molecule has 7 amide bonds. The molecule has 0 bridgehead atoms. The molecular weight excluding hydrogens is 822 g/mol. The first kappa shape index (κ1) is 45.4. The largest absolute Gasteiger partial charge is 0.481 e. The molecule has 5 rings (SSSR count). The lowest BCUT2D eigenvalue weighted by atomic mass is 9.93. The molecule has 23 nitrogen and oxygen atoms in total. The Morgan fingerprint density at radius 2 is 1.40 bits per heavy atom. The zero-order valence-electron chi connectivity index (χ0n) is 32.7. The maximum atomic E-state index is 13.8. The molecule has 0 spiro atoms. The van der Waals surface area contributed by atoms with Crippen LogP contribution in [0.25, 0.3) is 0 Å². The highest BCUT2D eigenvalue weighted by Gasteiger charge is 2.41. The van der Waals surface area contributed by atoms with E-state index in [9.17, 15) is 62.6 Å². The van der Waals surface area contributed by atoms with E-state index in [0.717, 1.165) is 4.90 Å². The van der Waals surface area contributed by atoms with Crippen molar-refractivity contribution >= 4 is 77.2 Å². The van der Waals surface area contributed by atoms with Crippen molar-refractivity contribution in [2.45, 2.75) is 76.4 Å². The summed E-state index contributed by atoms with van der Waals surface area (Å²) in [5, 5.41) is 23.7. The predicted molar refractivity (Wildman–Crippen MR) is 202 cm³/mol. The molecule has 3 saturated heterocycles. The fourth-order valence-corrected chi connectivity index (χ4v) is 6.52. The number of carboxylic acids is 2. The number of rotatable bonds is 19. The van der Waals surface area contributed by atoms with Crippen LogP contribution in [0.5, 0.6) is 0 Å². The van der Waals surface area contributed by atoms with Gasteiger partial charge in [-0.2, -0.15) is 0 Å². The zero-order valence-corrected chi connectivity index (χ0v) is 32.7. The maximum Gasteiger partial charge on any atom is 0.363 e. The van der Waals surface area contributed by atoms with E-state index in [0.29, 0.717) is 16.3 Å². The first-order chi connectivity index (χ1) is 29.5. The van der Waals surface area contributed by atoms with Crippen molar-refractivity contribution in [2.75, 3.05) is 13.1 Å². The van der Waals surface area contributed by atoms with Gasteiger partial charge in [-0.1, -0.05) is 12.1 Å². The summed E-state index contributed by atoms with van der Waals surface area (Å²) in [5.74, 6) is -12.9. The van der Waals surface area contributed by atoms with Gasteiger partial charge in [0.05, 0.1) is 48.2 Å². The molecular formula is C39H39N7O16. The summed E-state index contributed by atoms with van der Waals surface area (Å²) in [6, 6.07) is 5.89. The minimum atomic E-state index is -1.66. The van der Waals surface area contributed by atoms with Crippen LogP contribution in [0.4, 0.5) is 0 Å². The Kier molecular flexibility index (Phi) is 15.0. The summed E-state index contributed by atoms with van der Waals surface area (Å²) >= 11 is 0. The molecule has 1 aromatic carbocycles. The van der Waals surface area contributed by atoms with E-state index in [1.54, 1.807) is 12.1 Å². The first-order valence-electron chi connectivity index (χ1n) is 19.1. The van der Waals surface area contributed by atoms with Gasteiger partial charge >= 0.3 is 23.9 Å². The van der Waals surface area contributed by atoms with Crippen LogP contribution in [0.2, 0.25) is 0 Å². The topological polar surface area (TPSA) is 323 Å². The molecule has 4 heterocycles. The van der Waals surface area contributed by atoms with Crippen molar-refractivity contribution in [1.29, 1.82) is 0 Å². The molecule has 3 aliphatic heterocycles. The number of ketones is 1. The van der Waals surface area contributed by atoms with Crippen LogP contribution >= 0.6 is 0 Å². The Balaban J connectivity index is 1.17. The molecule has 0 saturated carbocycles. The van der Waals surface area contributed by atoms with Gasteiger partial charge in [0, 0.05) is 51.1 Å². The molecule has 62 heavy (non-hydrogen) atoms. The predicted octanol–water partition coefficient (Wildman–Crippen LogP) is -0.741. The van der Waals surface area contributed by atoms with Crippen LogP contribution in [0.1, 0.15) is 89.8 Å². The molecule has 1 aromatic heterocycles. The lowest BCUT2D eigenvalue weighted by Gasteiger charge is -2.29. The van der Waals surface area contributed by atoms with Gasteiger partial charge in [-0.15, -0.1) is 10.1 Å². The number of hydroxylamine groups is 4. The summed E-state index contributed by atoms with van der Waals surface area (Å²) in [6.07, 6.45) is 0.0671. The lowest BCUT2D eigenvalue weighted by Crippen LogP contribution is -2.52. The minimum absolute atomic E-state index is 0.0329. The van der Waals surface area contributed by atoms with Gasteiger partial charge in [0.15, 0.2) is 5.78 Å². The van der Waals surface area contributed by atoms with Gasteiger partial charge in [0.1, 0.15) is 12.6 Å². The Morgan fingerprint density at radius 1 is 0.790 bits per heavy atom. The number of carboxylic acid groups (broad SMARTS) is 2. The number of aromatic nitrogens is 1. The number of nitrogens with one attached hydrogen (secondary N) is 2. The van der Waals surface area contributed by atoms with Crippen molar-refractivity contribution in [2.24, 2.45) is 10.9 Å². The molecule has 3 unspecified atom stereocenters. The van der Waals surface area contributed by atoms with Gasteiger partial charge in [-0.3, -0.25) is 57.9 Å². The number of benzene rings is 1. The number of carbonyl (C=O) groups is 12. The average molecular weight is 862 g/mol. The van der Waals surface area contributed by atoms with Crippen LogP contribution in [-0.2, 0) is 64.2 Å². The van der Waals surface area contributed by atoms with Crippen molar-refractivity contribution < 1.29 is 77.4 Å². The lowest BCUT2D eigenvalue weighted by molar-refractivity contribution is -0.198. The number of carbonyl (C=O) groups excluding carboxylic acids is 10. The molecule has 4 N–H and O–H groups in total. The highest BCUT2D eigenvalue weighted by molar-refractivity contribution is 6.04. The van der Waals surface area contributed by atoms with E-state index in [1.807, 2.05) is 0 Å². The van der Waals surface area contributed by atoms with Crippen molar-refractivity contribution in [3.63, 3.8) is 0 Å². The van der Waals surface area contributed by atoms with E-state index >= 15 is 0 Å². The smallest absolute Gasteiger partial charge is 0.363 e. The van der Waals surface area contributed by atoms with E-state index in [1.165, 1.54) is 36.7 Å². The molecule has 326 valence electrons. The number of hydrogen-bond donors (Lipinski definition) is 4. The van der Waals surface area contributed by atoms with Crippen LogP contribution in [0.15, 0.2) is 47.6 Å². The van der Waals surface area contributed by atoms with E-state index in [4.69, 9.17) is 14.8 Å². The summed E-state index contributed by atoms with van der Waals surface area (Å²) in [4.78, 5) is 168. The number of pyridine rings is 1. The van der Waals surface area contributed by atoms with Crippen LogP contribution in [0, 0.1) is 5.92 Å². The number of aliphatic carboxylic acids is 2. The van der Waals surface area contributed by atoms with Gasteiger partial charge in [-0.25, -0.2) is 9.59 Å². The SMILES string of the molecule is O=C(O)CNC(=O)C(CC(=O)ON1C(=O)CCC1=O)CC(=O)C1CCCN1C(=O)C(CC(=O)O)NC(=O)c1ccc(CN=Cc2ccc(C(=O)ON3C(=O)CCC3=O)cc2)nc1. The highest BCUT2D eigenvalue weighted by atomic mass is 16.7. The number of nitrogens with zero attached hydrogens (tertiary/aromatic N) is 5. The Labute approximate surface area is 350 Å². The molecule has 3 atom stereocenters.